The zero-order valence-corrected chi connectivity index (χ0v) is 12.1. The molecule has 0 amide bonds. The highest BCUT2D eigenvalue weighted by Gasteiger charge is 2.28. The molecule has 0 radical (unpaired) electrons. The van der Waals surface area contributed by atoms with Crippen molar-refractivity contribution in [3.8, 4) is 0 Å². The lowest BCUT2D eigenvalue weighted by atomic mass is 9.89. The first-order valence-electron chi connectivity index (χ1n) is 6.34. The standard InChI is InChI=1S/C14H23NOS/c1-14(2,3)13-6-5-12(17-13)9-15-10-7-11(8-10)16-4/h5-6,10-11,15H,7-9H2,1-4H3. The lowest BCUT2D eigenvalue weighted by Gasteiger charge is -2.34. The van der Waals surface area contributed by atoms with Gasteiger partial charge in [0.2, 0.25) is 0 Å². The van der Waals surface area contributed by atoms with Crippen LogP contribution >= 0.6 is 11.3 Å². The summed E-state index contributed by atoms with van der Waals surface area (Å²) in [6.45, 7) is 7.81. The smallest absolute Gasteiger partial charge is 0.0601 e. The maximum absolute atomic E-state index is 5.28. The minimum absolute atomic E-state index is 0.278. The molecule has 0 saturated heterocycles. The summed E-state index contributed by atoms with van der Waals surface area (Å²) in [5.41, 5.74) is 0.278. The minimum Gasteiger partial charge on any atom is -0.381 e. The van der Waals surface area contributed by atoms with Gasteiger partial charge >= 0.3 is 0 Å². The predicted molar refractivity (Wildman–Crippen MR) is 73.7 cm³/mol. The van der Waals surface area contributed by atoms with Crippen molar-refractivity contribution in [1.82, 2.24) is 5.32 Å². The third-order valence-corrected chi connectivity index (χ3v) is 4.90. The molecule has 1 N–H and O–H groups in total. The lowest BCUT2D eigenvalue weighted by Crippen LogP contribution is -2.44. The van der Waals surface area contributed by atoms with E-state index in [2.05, 4.69) is 38.2 Å². The summed E-state index contributed by atoms with van der Waals surface area (Å²) in [5, 5.41) is 3.59. The van der Waals surface area contributed by atoms with E-state index in [4.69, 9.17) is 4.74 Å². The van der Waals surface area contributed by atoms with E-state index in [1.54, 1.807) is 7.11 Å². The maximum Gasteiger partial charge on any atom is 0.0601 e. The summed E-state index contributed by atoms with van der Waals surface area (Å²) < 4.78 is 5.28. The first-order valence-corrected chi connectivity index (χ1v) is 7.16. The molecule has 2 rings (SSSR count). The number of rotatable bonds is 4. The van der Waals surface area contributed by atoms with Crippen molar-refractivity contribution >= 4 is 11.3 Å². The van der Waals surface area contributed by atoms with E-state index < -0.39 is 0 Å². The monoisotopic (exact) mass is 253 g/mol. The van der Waals surface area contributed by atoms with Crippen molar-refractivity contribution < 1.29 is 4.74 Å². The van der Waals surface area contributed by atoms with E-state index in [0.717, 1.165) is 19.4 Å². The highest BCUT2D eigenvalue weighted by atomic mass is 32.1. The summed E-state index contributed by atoms with van der Waals surface area (Å²) in [4.78, 5) is 2.91. The van der Waals surface area contributed by atoms with Crippen LogP contribution in [0.15, 0.2) is 12.1 Å². The van der Waals surface area contributed by atoms with Crippen molar-refractivity contribution in [1.29, 1.82) is 0 Å². The van der Waals surface area contributed by atoms with Gasteiger partial charge in [-0.05, 0) is 30.4 Å². The molecule has 1 aromatic rings. The topological polar surface area (TPSA) is 21.3 Å². The second-order valence-corrected chi connectivity index (χ2v) is 7.09. The predicted octanol–water partition coefficient (Wildman–Crippen LogP) is 3.31. The molecule has 1 aliphatic rings. The van der Waals surface area contributed by atoms with E-state index in [9.17, 15) is 0 Å². The number of hydrogen-bond donors (Lipinski definition) is 1. The van der Waals surface area contributed by atoms with Gasteiger partial charge in [0.25, 0.3) is 0 Å². The SMILES string of the molecule is COC1CC(NCc2ccc(C(C)(C)C)s2)C1. The molecule has 3 heteroatoms. The average molecular weight is 253 g/mol. The van der Waals surface area contributed by atoms with E-state index >= 15 is 0 Å². The van der Waals surface area contributed by atoms with Gasteiger partial charge in [0.1, 0.15) is 0 Å². The van der Waals surface area contributed by atoms with Gasteiger partial charge in [0.15, 0.2) is 0 Å². The second kappa shape index (κ2) is 5.09. The maximum atomic E-state index is 5.28. The van der Waals surface area contributed by atoms with E-state index in [-0.39, 0.29) is 5.41 Å². The molecule has 0 atom stereocenters. The van der Waals surface area contributed by atoms with Gasteiger partial charge in [-0.15, -0.1) is 11.3 Å². The number of thiophene rings is 1. The number of nitrogens with one attached hydrogen (secondary N) is 1. The van der Waals surface area contributed by atoms with Crippen LogP contribution in [-0.4, -0.2) is 19.3 Å². The molecular weight excluding hydrogens is 230 g/mol. The third kappa shape index (κ3) is 3.30. The Morgan fingerprint density at radius 2 is 2.06 bits per heavy atom. The molecule has 0 unspecified atom stereocenters. The Hall–Kier alpha value is -0.380. The molecule has 0 aromatic carbocycles. The Balaban J connectivity index is 1.78. The van der Waals surface area contributed by atoms with Gasteiger partial charge in [0.05, 0.1) is 6.10 Å². The summed E-state index contributed by atoms with van der Waals surface area (Å²) in [6, 6.07) is 5.17. The molecule has 1 fully saturated rings. The van der Waals surface area contributed by atoms with E-state index in [1.165, 1.54) is 9.75 Å². The van der Waals surface area contributed by atoms with Crippen molar-refractivity contribution in [2.24, 2.45) is 0 Å². The van der Waals surface area contributed by atoms with Crippen LogP contribution in [0.5, 0.6) is 0 Å². The van der Waals surface area contributed by atoms with Gasteiger partial charge in [-0.2, -0.15) is 0 Å². The first kappa shape index (κ1) is 13.1. The van der Waals surface area contributed by atoms with Crippen LogP contribution in [0.3, 0.4) is 0 Å². The summed E-state index contributed by atoms with van der Waals surface area (Å²) in [7, 11) is 1.80. The van der Waals surface area contributed by atoms with Crippen molar-refractivity contribution in [3.63, 3.8) is 0 Å². The number of ether oxygens (including phenoxy) is 1. The molecule has 1 saturated carbocycles. The number of methoxy groups -OCH3 is 1. The van der Waals surface area contributed by atoms with Crippen LogP contribution in [0, 0.1) is 0 Å². The average Bonchev–Trinajstić information content (AvgIpc) is 2.63. The van der Waals surface area contributed by atoms with Gasteiger partial charge in [0, 0.05) is 29.5 Å². The Morgan fingerprint density at radius 3 is 2.59 bits per heavy atom. The van der Waals surface area contributed by atoms with Gasteiger partial charge in [-0.3, -0.25) is 0 Å². The van der Waals surface area contributed by atoms with Crippen LogP contribution in [0.1, 0.15) is 43.4 Å². The zero-order chi connectivity index (χ0) is 12.5. The molecule has 0 spiro atoms. The molecular formula is C14H23NOS. The van der Waals surface area contributed by atoms with Gasteiger partial charge in [-0.25, -0.2) is 0 Å². The molecule has 0 bridgehead atoms. The molecule has 2 nitrogen and oxygen atoms in total. The first-order chi connectivity index (χ1) is 7.99. The zero-order valence-electron chi connectivity index (χ0n) is 11.2. The van der Waals surface area contributed by atoms with Crippen LogP contribution in [0.4, 0.5) is 0 Å². The molecule has 0 aliphatic heterocycles. The van der Waals surface area contributed by atoms with Crippen LogP contribution in [0.25, 0.3) is 0 Å². The molecule has 1 heterocycles. The summed E-state index contributed by atoms with van der Waals surface area (Å²) in [5.74, 6) is 0. The van der Waals surface area contributed by atoms with Gasteiger partial charge < -0.3 is 10.1 Å². The quantitative estimate of drug-likeness (QED) is 0.889. The van der Waals surface area contributed by atoms with E-state index in [1.807, 2.05) is 11.3 Å². The van der Waals surface area contributed by atoms with Crippen LogP contribution < -0.4 is 5.32 Å². The van der Waals surface area contributed by atoms with Crippen LogP contribution in [0.2, 0.25) is 0 Å². The molecule has 17 heavy (non-hydrogen) atoms. The highest BCUT2D eigenvalue weighted by molar-refractivity contribution is 7.12. The Kier molecular flexibility index (Phi) is 3.91. The molecule has 96 valence electrons. The molecule has 1 aliphatic carbocycles. The second-order valence-electron chi connectivity index (χ2n) is 5.92. The highest BCUT2D eigenvalue weighted by Crippen LogP contribution is 2.30. The third-order valence-electron chi connectivity index (χ3n) is 3.39. The number of hydrogen-bond acceptors (Lipinski definition) is 3. The normalized spacial score (nSPS) is 24.7. The molecule has 1 aromatic heterocycles. The fourth-order valence-electron chi connectivity index (χ4n) is 2.05. The van der Waals surface area contributed by atoms with Crippen molar-refractivity contribution in [2.75, 3.05) is 7.11 Å². The lowest BCUT2D eigenvalue weighted by molar-refractivity contribution is 0.0170. The fraction of sp³-hybridized carbons (Fsp3) is 0.714. The minimum atomic E-state index is 0.278. The Labute approximate surface area is 108 Å². The van der Waals surface area contributed by atoms with Crippen LogP contribution in [-0.2, 0) is 16.7 Å². The van der Waals surface area contributed by atoms with E-state index in [0.29, 0.717) is 12.1 Å². The summed E-state index contributed by atoms with van der Waals surface area (Å²) >= 11 is 1.93. The largest absolute Gasteiger partial charge is 0.381 e. The Morgan fingerprint density at radius 1 is 1.35 bits per heavy atom. The Bertz CT molecular complexity index is 361. The van der Waals surface area contributed by atoms with Gasteiger partial charge in [-0.1, -0.05) is 20.8 Å². The van der Waals surface area contributed by atoms with Crippen molar-refractivity contribution in [3.05, 3.63) is 21.9 Å². The van der Waals surface area contributed by atoms with Crippen molar-refractivity contribution in [2.45, 2.75) is 57.7 Å². The summed E-state index contributed by atoms with van der Waals surface area (Å²) in [6.07, 6.45) is 2.81. The fourth-order valence-corrected chi connectivity index (χ4v) is 3.06.